The predicted octanol–water partition coefficient (Wildman–Crippen LogP) is 3.37. The van der Waals surface area contributed by atoms with E-state index in [9.17, 15) is 5.26 Å². The van der Waals surface area contributed by atoms with Gasteiger partial charge < -0.3 is 15.4 Å². The van der Waals surface area contributed by atoms with Crippen molar-refractivity contribution < 1.29 is 9.64 Å². The number of rotatable bonds is 3. The standard InChI is InChI=1S/C26H27N3O/c1-4-29-15-20(13-19-11-7-5-9-17(19)2)25-23(16-29)24(22(14-27)26(28)30-25)21-12-8-6-10-18(21)3/h5-13,24H,4,15-16,28H2,1-3H3/p+1/t24-/m1/s1. The SMILES string of the molecule is CC[NH+]1CC(=Cc2ccccc2C)C2=C(C1)[C@H](c1ccccc1C)C(C#N)=C(N)O2. The summed E-state index contributed by atoms with van der Waals surface area (Å²) < 4.78 is 6.14. The van der Waals surface area contributed by atoms with Crippen LogP contribution in [0.2, 0.25) is 0 Å². The third-order valence-corrected chi connectivity index (χ3v) is 6.22. The molecule has 0 saturated heterocycles. The minimum atomic E-state index is -0.165. The van der Waals surface area contributed by atoms with Gasteiger partial charge in [-0.3, -0.25) is 0 Å². The molecule has 0 saturated carbocycles. The monoisotopic (exact) mass is 398 g/mol. The van der Waals surface area contributed by atoms with Gasteiger partial charge in [0, 0.05) is 11.1 Å². The number of nitrogens with zero attached hydrogens (tertiary/aromatic N) is 1. The average Bonchev–Trinajstić information content (AvgIpc) is 2.75. The van der Waals surface area contributed by atoms with E-state index >= 15 is 0 Å². The van der Waals surface area contributed by atoms with E-state index < -0.39 is 0 Å². The van der Waals surface area contributed by atoms with E-state index in [1.807, 2.05) is 12.1 Å². The summed E-state index contributed by atoms with van der Waals surface area (Å²) in [7, 11) is 0. The lowest BCUT2D eigenvalue weighted by molar-refractivity contribution is -0.890. The van der Waals surface area contributed by atoms with Gasteiger partial charge in [0.1, 0.15) is 30.5 Å². The molecule has 0 amide bonds. The van der Waals surface area contributed by atoms with Gasteiger partial charge in [0.05, 0.1) is 12.5 Å². The van der Waals surface area contributed by atoms with Crippen molar-refractivity contribution >= 4 is 6.08 Å². The number of benzene rings is 2. The molecule has 4 nitrogen and oxygen atoms in total. The Hall–Kier alpha value is -3.29. The summed E-state index contributed by atoms with van der Waals surface area (Å²) in [6, 6.07) is 18.9. The van der Waals surface area contributed by atoms with Crippen LogP contribution in [0, 0.1) is 25.2 Å². The van der Waals surface area contributed by atoms with Crippen molar-refractivity contribution in [3.05, 3.63) is 99.1 Å². The third-order valence-electron chi connectivity index (χ3n) is 6.22. The minimum Gasteiger partial charge on any atom is -0.440 e. The number of likely N-dealkylation sites (N-methyl/N-ethyl adjacent to an activating group) is 1. The van der Waals surface area contributed by atoms with Crippen molar-refractivity contribution in [3.63, 3.8) is 0 Å². The summed E-state index contributed by atoms with van der Waals surface area (Å²) in [6.45, 7) is 9.13. The van der Waals surface area contributed by atoms with Crippen molar-refractivity contribution in [1.29, 1.82) is 5.26 Å². The molecular weight excluding hydrogens is 370 g/mol. The van der Waals surface area contributed by atoms with Crippen LogP contribution >= 0.6 is 0 Å². The molecule has 30 heavy (non-hydrogen) atoms. The number of hydrogen-bond donors (Lipinski definition) is 2. The normalized spacial score (nSPS) is 22.5. The van der Waals surface area contributed by atoms with Crippen LogP contribution in [0.15, 0.2) is 76.9 Å². The Balaban J connectivity index is 1.92. The van der Waals surface area contributed by atoms with Crippen LogP contribution in [0.4, 0.5) is 0 Å². The first-order valence-electron chi connectivity index (χ1n) is 10.5. The average molecular weight is 399 g/mol. The zero-order chi connectivity index (χ0) is 21.3. The largest absolute Gasteiger partial charge is 0.440 e. The number of nitrogens with one attached hydrogen (secondary N) is 1. The maximum atomic E-state index is 9.92. The van der Waals surface area contributed by atoms with Gasteiger partial charge in [-0.05, 0) is 49.1 Å². The highest BCUT2D eigenvalue weighted by Gasteiger charge is 2.39. The van der Waals surface area contributed by atoms with Crippen molar-refractivity contribution in [3.8, 4) is 6.07 Å². The highest BCUT2D eigenvalue weighted by atomic mass is 16.5. The van der Waals surface area contributed by atoms with Gasteiger partial charge in [-0.15, -0.1) is 0 Å². The van der Waals surface area contributed by atoms with Crippen molar-refractivity contribution in [2.45, 2.75) is 26.7 Å². The summed E-state index contributed by atoms with van der Waals surface area (Å²) >= 11 is 0. The lowest BCUT2D eigenvalue weighted by atomic mass is 9.78. The van der Waals surface area contributed by atoms with Gasteiger partial charge in [-0.1, -0.05) is 48.5 Å². The van der Waals surface area contributed by atoms with E-state index in [0.29, 0.717) is 5.57 Å². The zero-order valence-electron chi connectivity index (χ0n) is 17.8. The maximum absolute atomic E-state index is 9.92. The second-order valence-electron chi connectivity index (χ2n) is 8.12. The molecule has 2 atom stereocenters. The van der Waals surface area contributed by atoms with Gasteiger partial charge in [0.25, 0.3) is 0 Å². The van der Waals surface area contributed by atoms with Gasteiger partial charge >= 0.3 is 0 Å². The highest BCUT2D eigenvalue weighted by Crippen LogP contribution is 2.42. The molecular formula is C26H28N3O+. The van der Waals surface area contributed by atoms with E-state index in [0.717, 1.165) is 47.7 Å². The van der Waals surface area contributed by atoms with E-state index in [2.05, 4.69) is 69.3 Å². The fraction of sp³-hybridized carbons (Fsp3) is 0.269. The molecule has 0 bridgehead atoms. The summed E-state index contributed by atoms with van der Waals surface area (Å²) in [4.78, 5) is 1.45. The molecule has 0 aromatic heterocycles. The van der Waals surface area contributed by atoms with E-state index in [1.165, 1.54) is 16.0 Å². The minimum absolute atomic E-state index is 0.165. The molecule has 4 rings (SSSR count). The van der Waals surface area contributed by atoms with Crippen molar-refractivity contribution in [1.82, 2.24) is 0 Å². The molecule has 2 aromatic rings. The Morgan fingerprint density at radius 3 is 2.47 bits per heavy atom. The molecule has 0 radical (unpaired) electrons. The molecule has 2 aliphatic heterocycles. The second-order valence-corrected chi connectivity index (χ2v) is 8.12. The molecule has 0 fully saturated rings. The molecule has 1 unspecified atom stereocenters. The number of nitrogens with two attached hydrogens (primary N) is 1. The van der Waals surface area contributed by atoms with E-state index in [1.54, 1.807) is 0 Å². The first-order chi connectivity index (χ1) is 14.5. The third kappa shape index (κ3) is 3.53. The lowest BCUT2D eigenvalue weighted by Gasteiger charge is -2.36. The van der Waals surface area contributed by atoms with Gasteiger partial charge in [-0.2, -0.15) is 5.26 Å². The Morgan fingerprint density at radius 1 is 1.10 bits per heavy atom. The number of hydrogen-bond acceptors (Lipinski definition) is 3. The first-order valence-corrected chi connectivity index (χ1v) is 10.5. The molecule has 3 N–H and O–H groups in total. The van der Waals surface area contributed by atoms with E-state index in [-0.39, 0.29) is 11.8 Å². The predicted molar refractivity (Wildman–Crippen MR) is 119 cm³/mol. The molecule has 2 aromatic carbocycles. The molecule has 2 aliphatic rings. The van der Waals surface area contributed by atoms with Crippen molar-refractivity contribution in [2.75, 3.05) is 19.6 Å². The van der Waals surface area contributed by atoms with Gasteiger partial charge in [-0.25, -0.2) is 0 Å². The van der Waals surface area contributed by atoms with Crippen LogP contribution in [-0.2, 0) is 4.74 Å². The Morgan fingerprint density at radius 2 is 1.80 bits per heavy atom. The number of quaternary nitrogens is 1. The summed E-state index contributed by atoms with van der Waals surface area (Å²) in [5, 5.41) is 9.92. The summed E-state index contributed by atoms with van der Waals surface area (Å²) in [5.74, 6) is 0.905. The molecule has 2 heterocycles. The second kappa shape index (κ2) is 8.22. The quantitative estimate of drug-likeness (QED) is 0.833. The lowest BCUT2D eigenvalue weighted by Crippen LogP contribution is -3.12. The van der Waals surface area contributed by atoms with Crippen molar-refractivity contribution in [2.24, 2.45) is 5.73 Å². The topological polar surface area (TPSA) is 63.5 Å². The summed E-state index contributed by atoms with van der Waals surface area (Å²) in [5.41, 5.74) is 13.8. The molecule has 152 valence electrons. The van der Waals surface area contributed by atoms with Gasteiger partial charge in [0.2, 0.25) is 5.88 Å². The molecule has 0 aliphatic carbocycles. The zero-order valence-corrected chi connectivity index (χ0v) is 17.8. The smallest absolute Gasteiger partial charge is 0.205 e. The summed E-state index contributed by atoms with van der Waals surface area (Å²) in [6.07, 6.45) is 2.22. The number of ether oxygens (including phenoxy) is 1. The van der Waals surface area contributed by atoms with Crippen LogP contribution in [0.25, 0.3) is 6.08 Å². The van der Waals surface area contributed by atoms with E-state index in [4.69, 9.17) is 10.5 Å². The Kier molecular flexibility index (Phi) is 5.48. The maximum Gasteiger partial charge on any atom is 0.205 e. The Bertz CT molecular complexity index is 1120. The fourth-order valence-corrected chi connectivity index (χ4v) is 4.49. The highest BCUT2D eigenvalue weighted by molar-refractivity contribution is 5.64. The fourth-order valence-electron chi connectivity index (χ4n) is 4.49. The number of nitriles is 1. The Labute approximate surface area is 178 Å². The number of aryl methyl sites for hydroxylation is 2. The van der Waals surface area contributed by atoms with Crippen LogP contribution in [0.3, 0.4) is 0 Å². The van der Waals surface area contributed by atoms with Crippen LogP contribution in [0.1, 0.15) is 35.1 Å². The van der Waals surface area contributed by atoms with Crippen LogP contribution in [-0.4, -0.2) is 19.6 Å². The van der Waals surface area contributed by atoms with Crippen LogP contribution in [0.5, 0.6) is 0 Å². The molecule has 0 spiro atoms. The van der Waals surface area contributed by atoms with Crippen LogP contribution < -0.4 is 10.6 Å². The first kappa shape index (κ1) is 20.0. The van der Waals surface area contributed by atoms with Gasteiger partial charge in [0.15, 0.2) is 0 Å². The molecule has 4 heteroatoms. The number of allylic oxidation sites excluding steroid dienone is 1.